The van der Waals surface area contributed by atoms with Crippen LogP contribution >= 0.6 is 11.8 Å². The molecule has 7 heteroatoms. The van der Waals surface area contributed by atoms with E-state index in [0.717, 1.165) is 32.4 Å². The van der Waals surface area contributed by atoms with Crippen LogP contribution in [0.15, 0.2) is 103 Å². The van der Waals surface area contributed by atoms with Crippen molar-refractivity contribution in [3.63, 3.8) is 0 Å². The zero-order valence-corrected chi connectivity index (χ0v) is 22.0. The summed E-state index contributed by atoms with van der Waals surface area (Å²) in [5, 5.41) is 5.80. The minimum Gasteiger partial charge on any atom is -0.496 e. The molecule has 5 rings (SSSR count). The van der Waals surface area contributed by atoms with Gasteiger partial charge in [-0.05, 0) is 72.5 Å². The molecular weight excluding hydrogens is 482 g/mol. The summed E-state index contributed by atoms with van der Waals surface area (Å²) < 4.78 is 12.9. The van der Waals surface area contributed by atoms with E-state index in [-0.39, 0.29) is 11.5 Å². The van der Waals surface area contributed by atoms with Crippen LogP contribution in [0.25, 0.3) is 22.3 Å². The topological polar surface area (TPSA) is 69.6 Å². The van der Waals surface area contributed by atoms with E-state index in [1.165, 1.54) is 16.4 Å². The van der Waals surface area contributed by atoms with Crippen molar-refractivity contribution >= 4 is 28.9 Å². The van der Waals surface area contributed by atoms with Crippen molar-refractivity contribution < 1.29 is 9.15 Å². The van der Waals surface area contributed by atoms with Gasteiger partial charge in [-0.3, -0.25) is 4.79 Å². The molecule has 0 bridgehead atoms. The van der Waals surface area contributed by atoms with Crippen LogP contribution in [-0.4, -0.2) is 23.0 Å². The van der Waals surface area contributed by atoms with E-state index >= 15 is 0 Å². The molecule has 0 atom stereocenters. The third kappa shape index (κ3) is 5.08. The first kappa shape index (κ1) is 24.6. The van der Waals surface area contributed by atoms with Crippen LogP contribution in [0.2, 0.25) is 0 Å². The number of para-hydroxylation sites is 1. The van der Waals surface area contributed by atoms with E-state index in [9.17, 15) is 4.79 Å². The molecule has 2 aromatic heterocycles. The van der Waals surface area contributed by atoms with Gasteiger partial charge in [0.05, 0.1) is 24.2 Å². The zero-order chi connectivity index (χ0) is 25.9. The van der Waals surface area contributed by atoms with Crippen molar-refractivity contribution in [3.05, 3.63) is 106 Å². The minimum atomic E-state index is -0.247. The Balaban J connectivity index is 1.61. The maximum absolute atomic E-state index is 13.6. The molecule has 2 heterocycles. The van der Waals surface area contributed by atoms with Gasteiger partial charge in [0.1, 0.15) is 11.5 Å². The molecule has 0 amide bonds. The molecule has 0 spiro atoms. The molecule has 0 saturated heterocycles. The molecule has 3 aromatic carbocycles. The van der Waals surface area contributed by atoms with E-state index in [2.05, 4.69) is 18.9 Å². The van der Waals surface area contributed by atoms with Gasteiger partial charge in [-0.15, -0.1) is 0 Å². The number of methoxy groups -OCH3 is 1. The first-order valence-corrected chi connectivity index (χ1v) is 12.8. The smallest absolute Gasteiger partial charge is 0.282 e. The highest BCUT2D eigenvalue weighted by molar-refractivity contribution is 7.99. The molecule has 0 aliphatic rings. The number of rotatable bonds is 7. The highest BCUT2D eigenvalue weighted by Gasteiger charge is 2.18. The number of aromatic nitrogens is 2. The SMILES string of the molecule is COc1cc(C)c(-c2nc3ccccc3c(=O)n2N=Cc2ccc(Sc3ccccc3)o2)cc1C(C)C. The van der Waals surface area contributed by atoms with Gasteiger partial charge in [0.15, 0.2) is 10.9 Å². The normalized spacial score (nSPS) is 11.6. The minimum absolute atomic E-state index is 0.224. The lowest BCUT2D eigenvalue weighted by Gasteiger charge is -2.17. The molecule has 0 saturated carbocycles. The molecule has 37 heavy (non-hydrogen) atoms. The van der Waals surface area contributed by atoms with Crippen LogP contribution in [-0.2, 0) is 0 Å². The Morgan fingerprint density at radius 1 is 1.03 bits per heavy atom. The Kier molecular flexibility index (Phi) is 6.97. The van der Waals surface area contributed by atoms with Crippen LogP contribution in [0.1, 0.15) is 36.7 Å². The van der Waals surface area contributed by atoms with Crippen LogP contribution in [0.3, 0.4) is 0 Å². The first-order chi connectivity index (χ1) is 17.9. The average Bonchev–Trinajstić information content (AvgIpc) is 3.35. The molecule has 6 nitrogen and oxygen atoms in total. The van der Waals surface area contributed by atoms with Gasteiger partial charge in [-0.2, -0.15) is 9.78 Å². The number of benzene rings is 3. The quantitative estimate of drug-likeness (QED) is 0.218. The van der Waals surface area contributed by atoms with Crippen LogP contribution in [0, 0.1) is 6.92 Å². The van der Waals surface area contributed by atoms with Crippen LogP contribution in [0.4, 0.5) is 0 Å². The number of furan rings is 1. The summed E-state index contributed by atoms with van der Waals surface area (Å²) in [7, 11) is 1.67. The summed E-state index contributed by atoms with van der Waals surface area (Å²) >= 11 is 1.52. The molecule has 5 aromatic rings. The molecule has 0 unspecified atom stereocenters. The second-order valence-corrected chi connectivity index (χ2v) is 10.0. The monoisotopic (exact) mass is 509 g/mol. The number of fused-ring (bicyclic) bond motifs is 1. The number of hydrogen-bond acceptors (Lipinski definition) is 6. The molecule has 186 valence electrons. The standard InChI is InChI=1S/C30H27N3O3S/c1-19(2)24-17-25(20(3)16-27(24)35-4)29-32-26-13-9-8-12-23(26)30(34)33(29)31-18-21-14-15-28(36-21)37-22-10-6-5-7-11-22/h5-19H,1-4H3. The summed E-state index contributed by atoms with van der Waals surface area (Å²) in [6.07, 6.45) is 1.55. The number of aryl methyl sites for hydroxylation is 1. The zero-order valence-electron chi connectivity index (χ0n) is 21.1. The second kappa shape index (κ2) is 10.5. The lowest BCUT2D eigenvalue weighted by atomic mass is 9.96. The van der Waals surface area contributed by atoms with Crippen LogP contribution < -0.4 is 10.3 Å². The predicted molar refractivity (Wildman–Crippen MR) is 149 cm³/mol. The highest BCUT2D eigenvalue weighted by Crippen LogP contribution is 2.34. The number of hydrogen-bond donors (Lipinski definition) is 0. The van der Waals surface area contributed by atoms with Crippen LogP contribution in [0.5, 0.6) is 5.75 Å². The van der Waals surface area contributed by atoms with E-state index < -0.39 is 0 Å². The van der Waals surface area contributed by atoms with Gasteiger partial charge in [0, 0.05) is 10.5 Å². The molecule has 0 aliphatic heterocycles. The van der Waals surface area contributed by atoms with Gasteiger partial charge in [0.2, 0.25) is 0 Å². The van der Waals surface area contributed by atoms with Crippen molar-refractivity contribution in [3.8, 4) is 17.1 Å². The highest BCUT2D eigenvalue weighted by atomic mass is 32.2. The van der Waals surface area contributed by atoms with E-state index in [1.807, 2.05) is 79.7 Å². The molecular formula is C30H27N3O3S. The lowest BCUT2D eigenvalue weighted by Crippen LogP contribution is -2.20. The molecule has 0 radical (unpaired) electrons. The van der Waals surface area contributed by atoms with E-state index in [4.69, 9.17) is 14.1 Å². The van der Waals surface area contributed by atoms with Crippen molar-refractivity contribution in [1.29, 1.82) is 0 Å². The number of ether oxygens (including phenoxy) is 1. The Bertz CT molecular complexity index is 1650. The van der Waals surface area contributed by atoms with E-state index in [1.54, 1.807) is 19.4 Å². The average molecular weight is 510 g/mol. The van der Waals surface area contributed by atoms with Gasteiger partial charge in [0.25, 0.3) is 5.56 Å². The lowest BCUT2D eigenvalue weighted by molar-refractivity contribution is 0.407. The third-order valence-corrected chi connectivity index (χ3v) is 6.99. The van der Waals surface area contributed by atoms with Gasteiger partial charge >= 0.3 is 0 Å². The van der Waals surface area contributed by atoms with Gasteiger partial charge < -0.3 is 9.15 Å². The summed E-state index contributed by atoms with van der Waals surface area (Å²) in [4.78, 5) is 19.5. The van der Waals surface area contributed by atoms with Gasteiger partial charge in [-0.1, -0.05) is 55.9 Å². The first-order valence-electron chi connectivity index (χ1n) is 12.0. The van der Waals surface area contributed by atoms with Gasteiger partial charge in [-0.25, -0.2) is 4.98 Å². The molecule has 0 N–H and O–H groups in total. The molecule has 0 fully saturated rings. The van der Waals surface area contributed by atoms with E-state index in [0.29, 0.717) is 22.5 Å². The second-order valence-electron chi connectivity index (χ2n) is 8.95. The van der Waals surface area contributed by atoms with Crippen molar-refractivity contribution in [2.24, 2.45) is 5.10 Å². The summed E-state index contributed by atoms with van der Waals surface area (Å²) in [6.45, 7) is 6.20. The maximum Gasteiger partial charge on any atom is 0.282 e. The Morgan fingerprint density at radius 3 is 2.54 bits per heavy atom. The van der Waals surface area contributed by atoms with Crippen molar-refractivity contribution in [2.45, 2.75) is 36.7 Å². The van der Waals surface area contributed by atoms with Crippen molar-refractivity contribution in [2.75, 3.05) is 7.11 Å². The fourth-order valence-corrected chi connectivity index (χ4v) is 4.95. The summed E-state index contributed by atoms with van der Waals surface area (Å²) in [5.74, 6) is 2.04. The predicted octanol–water partition coefficient (Wildman–Crippen LogP) is 7.13. The summed E-state index contributed by atoms with van der Waals surface area (Å²) in [6, 6.07) is 25.1. The largest absolute Gasteiger partial charge is 0.496 e. The fourth-order valence-electron chi connectivity index (χ4n) is 4.15. The Hall–Kier alpha value is -4.10. The fraction of sp³-hybridized carbons (Fsp3) is 0.167. The number of nitrogens with zero attached hydrogens (tertiary/aromatic N) is 3. The Morgan fingerprint density at radius 2 is 1.78 bits per heavy atom. The third-order valence-electron chi connectivity index (χ3n) is 6.06. The molecule has 0 aliphatic carbocycles. The maximum atomic E-state index is 13.6. The Labute approximate surface area is 219 Å². The summed E-state index contributed by atoms with van der Waals surface area (Å²) in [5.41, 5.74) is 3.17. The van der Waals surface area contributed by atoms with Crippen molar-refractivity contribution in [1.82, 2.24) is 9.66 Å².